The van der Waals surface area contributed by atoms with Crippen LogP contribution in [0.4, 0.5) is 13.2 Å². The number of allylic oxidation sites excluding steroid dienone is 10. The van der Waals surface area contributed by atoms with Gasteiger partial charge in [-0.25, -0.2) is 0 Å². The number of benzene rings is 1. The Morgan fingerprint density at radius 3 is 1.69 bits per heavy atom. The second kappa shape index (κ2) is 14.4. The fraction of sp³-hybridized carbons (Fsp3) is 0.525. The normalized spacial score (nSPS) is 30.5. The molecule has 49 heavy (non-hydrogen) atoms. The Morgan fingerprint density at radius 1 is 0.796 bits per heavy atom. The molecule has 1 saturated heterocycles. The first kappa shape index (κ1) is 40.6. The van der Waals surface area contributed by atoms with Crippen molar-refractivity contribution in [3.05, 3.63) is 114 Å². The average Bonchev–Trinajstić information content (AvgIpc) is 3.46. The summed E-state index contributed by atoms with van der Waals surface area (Å²) in [6, 6.07) is 5.57. The molecule has 1 aromatic rings. The van der Waals surface area contributed by atoms with Crippen LogP contribution in [0.2, 0.25) is 18.6 Å². The Labute approximate surface area is 311 Å². The Hall–Kier alpha value is -1.12. The van der Waals surface area contributed by atoms with Gasteiger partial charge in [-0.05, 0) is 68.9 Å². The van der Waals surface area contributed by atoms with Crippen LogP contribution in [-0.4, -0.2) is 30.5 Å². The predicted octanol–water partition coefficient (Wildman–Crippen LogP) is 12.8. The molecule has 1 heterocycles. The zero-order chi connectivity index (χ0) is 35.6. The predicted molar refractivity (Wildman–Crippen MR) is 202 cm³/mol. The summed E-state index contributed by atoms with van der Waals surface area (Å²) >= 11 is -0.556. The first-order valence-electron chi connectivity index (χ1n) is 17.0. The summed E-state index contributed by atoms with van der Waals surface area (Å²) < 4.78 is 42.9. The molecule has 1 aliphatic heterocycles. The van der Waals surface area contributed by atoms with Crippen LogP contribution in [0.25, 0.3) is 10.9 Å². The van der Waals surface area contributed by atoms with Crippen molar-refractivity contribution in [1.29, 1.82) is 0 Å². The van der Waals surface area contributed by atoms with E-state index in [0.717, 1.165) is 11.1 Å². The Kier molecular flexibility index (Phi) is 11.9. The third kappa shape index (κ3) is 7.82. The molecule has 0 spiro atoms. The standard InChI is InChI=1S/C39H50F3N2Si.CH3.2ClH.Ti/c1-36(2,3)26-18-20-29-30-21-19-27(37(4,5)6)23-32(30)35(31(29)22-26)45(9,10)44-33-13-11-12-28(34(33)43-38(44,7)8)24-14-16-25(17-15-24)39(40,41)42;;;;/h11-23,29-35H,1-10H3;1H3;2*1H;/q2*-1;;;+2/p-2/t29?,30?,31?,32?,33-,34?,35?;;;;/m1..../s1. The molecule has 268 valence electrons. The van der Waals surface area contributed by atoms with Gasteiger partial charge in [0.15, 0.2) is 0 Å². The van der Waals surface area contributed by atoms with Crippen LogP contribution in [0.15, 0.2) is 90.1 Å². The quantitative estimate of drug-likeness (QED) is 0.221. The minimum atomic E-state index is -4.35. The Morgan fingerprint density at radius 2 is 1.27 bits per heavy atom. The van der Waals surface area contributed by atoms with E-state index in [-0.39, 0.29) is 30.3 Å². The van der Waals surface area contributed by atoms with Crippen LogP contribution in [-0.2, 0) is 23.2 Å². The van der Waals surface area contributed by atoms with E-state index in [1.165, 1.54) is 23.3 Å². The molecule has 1 saturated carbocycles. The van der Waals surface area contributed by atoms with Crippen LogP contribution < -0.4 is 0 Å². The third-order valence-electron chi connectivity index (χ3n) is 11.2. The van der Waals surface area contributed by atoms with Gasteiger partial charge in [0.25, 0.3) is 0 Å². The van der Waals surface area contributed by atoms with E-state index in [0.29, 0.717) is 29.2 Å². The number of hydrogen-bond donors (Lipinski definition) is 0. The van der Waals surface area contributed by atoms with Crippen molar-refractivity contribution in [1.82, 2.24) is 4.57 Å². The van der Waals surface area contributed by atoms with Gasteiger partial charge >= 0.3 is 41.8 Å². The van der Waals surface area contributed by atoms with Crippen molar-refractivity contribution in [3.63, 3.8) is 0 Å². The molecule has 0 aromatic heterocycles. The molecule has 6 rings (SSSR count). The summed E-state index contributed by atoms with van der Waals surface area (Å²) in [5.74, 6) is 1.81. The summed E-state index contributed by atoms with van der Waals surface area (Å²) in [6.45, 7) is 23.5. The fourth-order valence-electron chi connectivity index (χ4n) is 9.26. The van der Waals surface area contributed by atoms with E-state index in [9.17, 15) is 13.2 Å². The third-order valence-corrected chi connectivity index (χ3v) is 15.7. The Balaban J connectivity index is 0.00000130. The van der Waals surface area contributed by atoms with Crippen LogP contribution in [0.3, 0.4) is 0 Å². The molecule has 6 atom stereocenters. The topological polar surface area (TPSA) is 17.3 Å². The summed E-state index contributed by atoms with van der Waals surface area (Å²) in [7, 11) is 7.49. The molecule has 5 unspecified atom stereocenters. The van der Waals surface area contributed by atoms with Crippen molar-refractivity contribution in [2.75, 3.05) is 0 Å². The molecular weight excluding hydrogens is 712 g/mol. The molecule has 0 bridgehead atoms. The van der Waals surface area contributed by atoms with Crippen LogP contribution >= 0.6 is 18.6 Å². The minimum absolute atomic E-state index is 0. The summed E-state index contributed by atoms with van der Waals surface area (Å²) in [5, 5.41) is 5.47. The maximum atomic E-state index is 13.4. The van der Waals surface area contributed by atoms with Gasteiger partial charge in [0, 0.05) is 6.04 Å². The molecule has 5 aliphatic rings. The average molecular weight is 766 g/mol. The molecule has 4 aliphatic carbocycles. The maximum absolute atomic E-state index is 13.4. The van der Waals surface area contributed by atoms with Gasteiger partial charge in [-0.1, -0.05) is 153 Å². The van der Waals surface area contributed by atoms with Gasteiger partial charge in [0.05, 0.1) is 5.56 Å². The zero-order valence-corrected chi connectivity index (χ0v) is 34.9. The van der Waals surface area contributed by atoms with E-state index in [1.54, 1.807) is 12.1 Å². The van der Waals surface area contributed by atoms with Crippen LogP contribution in [0.1, 0.15) is 66.5 Å². The number of alkyl halides is 3. The number of rotatable bonds is 3. The van der Waals surface area contributed by atoms with Gasteiger partial charge in [-0.15, -0.1) is 0 Å². The van der Waals surface area contributed by atoms with Crippen molar-refractivity contribution in [2.45, 2.75) is 97.9 Å². The van der Waals surface area contributed by atoms with Gasteiger partial charge in [-0.2, -0.15) is 13.2 Å². The Bertz CT molecular complexity index is 1510. The van der Waals surface area contributed by atoms with E-state index in [1.807, 2.05) is 0 Å². The van der Waals surface area contributed by atoms with E-state index in [2.05, 4.69) is 128 Å². The molecule has 2 fully saturated rings. The van der Waals surface area contributed by atoms with Gasteiger partial charge < -0.3 is 17.3 Å². The van der Waals surface area contributed by atoms with E-state index >= 15 is 0 Å². The van der Waals surface area contributed by atoms with E-state index in [4.69, 9.17) is 23.9 Å². The van der Waals surface area contributed by atoms with Gasteiger partial charge in [-0.3, -0.25) is 0 Å². The van der Waals surface area contributed by atoms with Gasteiger partial charge in [0.1, 0.15) is 8.24 Å². The number of hydrogen-bond acceptors (Lipinski definition) is 1. The molecule has 2 nitrogen and oxygen atoms in total. The fourth-order valence-corrected chi connectivity index (χ4v) is 14.6. The van der Waals surface area contributed by atoms with Crippen molar-refractivity contribution >= 4 is 32.4 Å². The SMILES string of the molecule is CC(C)(C)C1=CC2C(C=C1)C1C=CC(C(C)(C)C)=CC1C2[Si](C)(C)N1[C@@H]2C=CC=C(c3ccc(C(F)(F)F)cc3)C2[N-]C1(C)C.[CH3-].[Cl][Ti][Cl]. The summed E-state index contributed by atoms with van der Waals surface area (Å²) in [5.41, 5.74) is 4.26. The van der Waals surface area contributed by atoms with Crippen LogP contribution in [0.5, 0.6) is 0 Å². The summed E-state index contributed by atoms with van der Waals surface area (Å²) in [6.07, 6.45) is 17.2. The van der Waals surface area contributed by atoms with Gasteiger partial charge in [0.2, 0.25) is 0 Å². The monoisotopic (exact) mass is 764 g/mol. The first-order chi connectivity index (χ1) is 22.1. The first-order valence-corrected chi connectivity index (χ1v) is 24.3. The van der Waals surface area contributed by atoms with E-state index < -0.39 is 42.7 Å². The molecule has 0 N–H and O–H groups in total. The van der Waals surface area contributed by atoms with Crippen molar-refractivity contribution in [2.24, 2.45) is 34.5 Å². The molecule has 0 amide bonds. The number of fused-ring (bicyclic) bond motifs is 4. The number of nitrogens with zero attached hydrogens (tertiary/aromatic N) is 2. The second-order valence-electron chi connectivity index (χ2n) is 17.0. The zero-order valence-electron chi connectivity index (χ0n) is 30.8. The number of halogens is 5. The molecule has 9 heteroatoms. The van der Waals surface area contributed by atoms with Crippen molar-refractivity contribution < 1.29 is 30.2 Å². The second-order valence-corrected chi connectivity index (χ2v) is 24.1. The van der Waals surface area contributed by atoms with Crippen LogP contribution in [0, 0.1) is 41.9 Å². The molecule has 0 radical (unpaired) electrons. The molecular formula is C40H53Cl2F3N2SiTi-2. The van der Waals surface area contributed by atoms with Crippen molar-refractivity contribution in [3.8, 4) is 0 Å². The summed E-state index contributed by atoms with van der Waals surface area (Å²) in [4.78, 5) is 0. The molecule has 1 aromatic carbocycles.